The number of carbonyl (C=O) groups excluding carboxylic acids is 1. The van der Waals surface area contributed by atoms with Crippen molar-refractivity contribution in [2.45, 2.75) is 37.6 Å². The first-order valence-corrected chi connectivity index (χ1v) is 13.0. The van der Waals surface area contributed by atoms with Crippen molar-refractivity contribution in [1.82, 2.24) is 13.9 Å². The maximum Gasteiger partial charge on any atom is 0.328 e. The fourth-order valence-electron chi connectivity index (χ4n) is 4.30. The van der Waals surface area contributed by atoms with Gasteiger partial charge in [-0.2, -0.15) is 4.31 Å². The molecule has 1 fully saturated rings. The number of aromatic amines is 1. The minimum absolute atomic E-state index is 0.114. The molecule has 10 nitrogen and oxygen atoms in total. The van der Waals surface area contributed by atoms with Crippen molar-refractivity contribution in [1.29, 1.82) is 0 Å². The summed E-state index contributed by atoms with van der Waals surface area (Å²) < 4.78 is 28.9. The van der Waals surface area contributed by atoms with Gasteiger partial charge in [0.15, 0.2) is 0 Å². The van der Waals surface area contributed by atoms with Crippen LogP contribution >= 0.6 is 0 Å². The topological polar surface area (TPSA) is 125 Å². The van der Waals surface area contributed by atoms with Crippen molar-refractivity contribution < 1.29 is 13.2 Å². The van der Waals surface area contributed by atoms with Crippen LogP contribution in [0.25, 0.3) is 10.9 Å². The molecular weight excluding hydrogens is 470 g/mol. The van der Waals surface area contributed by atoms with Gasteiger partial charge in [-0.1, -0.05) is 6.42 Å². The van der Waals surface area contributed by atoms with E-state index in [9.17, 15) is 22.8 Å². The van der Waals surface area contributed by atoms with Crippen LogP contribution < -0.4 is 21.5 Å². The number of benzene rings is 2. The van der Waals surface area contributed by atoms with Crippen LogP contribution in [0.1, 0.15) is 36.5 Å². The number of nitrogens with zero attached hydrogens (tertiary/aromatic N) is 3. The van der Waals surface area contributed by atoms with E-state index in [2.05, 4.69) is 10.3 Å². The predicted molar refractivity (Wildman–Crippen MR) is 136 cm³/mol. The van der Waals surface area contributed by atoms with Crippen LogP contribution in [0.5, 0.6) is 0 Å². The number of hydrogen-bond donors (Lipinski definition) is 2. The number of sulfonamides is 1. The summed E-state index contributed by atoms with van der Waals surface area (Å²) in [5, 5.41) is 3.10. The SMILES string of the molecule is CCn1c(=O)[nH]c2cc(C(=O)Nc3cc(S(=O)(=O)N4CCCCC4)ccc3N(C)C)ccc2c1=O. The van der Waals surface area contributed by atoms with E-state index >= 15 is 0 Å². The van der Waals surface area contributed by atoms with E-state index in [1.807, 2.05) is 0 Å². The normalized spacial score (nSPS) is 14.7. The van der Waals surface area contributed by atoms with Crippen LogP contribution in [0, 0.1) is 0 Å². The van der Waals surface area contributed by atoms with E-state index in [-0.39, 0.29) is 22.5 Å². The number of nitrogens with one attached hydrogen (secondary N) is 2. The van der Waals surface area contributed by atoms with Crippen LogP contribution in [0.15, 0.2) is 50.9 Å². The molecule has 2 N–H and O–H groups in total. The molecule has 35 heavy (non-hydrogen) atoms. The number of hydrogen-bond acceptors (Lipinski definition) is 6. The number of H-pyrrole nitrogens is 1. The van der Waals surface area contributed by atoms with Gasteiger partial charge in [0.05, 0.1) is 27.2 Å². The molecular formula is C24H29N5O5S. The van der Waals surface area contributed by atoms with Gasteiger partial charge in [-0.05, 0) is 56.2 Å². The maximum absolute atomic E-state index is 13.2. The second-order valence-electron chi connectivity index (χ2n) is 8.73. The van der Waals surface area contributed by atoms with Gasteiger partial charge < -0.3 is 15.2 Å². The van der Waals surface area contributed by atoms with Gasteiger partial charge in [-0.15, -0.1) is 0 Å². The molecule has 2 aromatic carbocycles. The summed E-state index contributed by atoms with van der Waals surface area (Å²) in [5.74, 6) is -0.497. The van der Waals surface area contributed by atoms with Crippen LogP contribution in [-0.2, 0) is 16.6 Å². The van der Waals surface area contributed by atoms with Crippen LogP contribution in [-0.4, -0.2) is 55.4 Å². The van der Waals surface area contributed by atoms with E-state index < -0.39 is 27.2 Å². The zero-order valence-corrected chi connectivity index (χ0v) is 20.8. The fraction of sp³-hybridized carbons (Fsp3) is 0.375. The molecule has 1 aliphatic heterocycles. The first-order chi connectivity index (χ1) is 16.6. The lowest BCUT2D eigenvalue weighted by atomic mass is 10.1. The van der Waals surface area contributed by atoms with Gasteiger partial charge in [0.2, 0.25) is 10.0 Å². The third kappa shape index (κ3) is 4.73. The lowest BCUT2D eigenvalue weighted by Gasteiger charge is -2.26. The van der Waals surface area contributed by atoms with Crippen LogP contribution in [0.2, 0.25) is 0 Å². The Hall–Kier alpha value is -3.44. The van der Waals surface area contributed by atoms with Gasteiger partial charge in [-0.3, -0.25) is 14.2 Å². The van der Waals surface area contributed by atoms with E-state index in [4.69, 9.17) is 0 Å². The number of aromatic nitrogens is 2. The fourth-order valence-corrected chi connectivity index (χ4v) is 5.84. The van der Waals surface area contributed by atoms with Crippen molar-refractivity contribution in [2.24, 2.45) is 0 Å². The van der Waals surface area contributed by atoms with E-state index in [0.29, 0.717) is 29.9 Å². The maximum atomic E-state index is 13.2. The van der Waals surface area contributed by atoms with Crippen LogP contribution in [0.4, 0.5) is 11.4 Å². The average molecular weight is 500 g/mol. The summed E-state index contributed by atoms with van der Waals surface area (Å²) in [6.45, 7) is 2.89. The molecule has 0 radical (unpaired) electrons. The number of anilines is 2. The van der Waals surface area contributed by atoms with Crippen molar-refractivity contribution in [3.8, 4) is 0 Å². The summed E-state index contributed by atoms with van der Waals surface area (Å²) >= 11 is 0. The first kappa shape index (κ1) is 24.7. The van der Waals surface area contributed by atoms with E-state index in [0.717, 1.165) is 23.8 Å². The summed E-state index contributed by atoms with van der Waals surface area (Å²) in [5.41, 5.74) is 0.475. The summed E-state index contributed by atoms with van der Waals surface area (Å²) in [6.07, 6.45) is 2.66. The average Bonchev–Trinajstić information content (AvgIpc) is 2.84. The summed E-state index contributed by atoms with van der Waals surface area (Å²) in [4.78, 5) is 42.3. The summed E-state index contributed by atoms with van der Waals surface area (Å²) in [7, 11) is -0.0958. The van der Waals surface area contributed by atoms with E-state index in [1.54, 1.807) is 38.1 Å². The van der Waals surface area contributed by atoms with Gasteiger partial charge in [-0.25, -0.2) is 13.2 Å². The molecule has 1 aromatic heterocycles. The minimum atomic E-state index is -3.69. The quantitative estimate of drug-likeness (QED) is 0.536. The Labute approximate surface area is 203 Å². The third-order valence-corrected chi connectivity index (χ3v) is 8.11. The monoisotopic (exact) mass is 499 g/mol. The Morgan fingerprint density at radius 2 is 1.77 bits per heavy atom. The zero-order valence-electron chi connectivity index (χ0n) is 20.0. The van der Waals surface area contributed by atoms with Gasteiger partial charge in [0.25, 0.3) is 11.5 Å². The molecule has 11 heteroatoms. The third-order valence-electron chi connectivity index (χ3n) is 6.21. The molecule has 186 valence electrons. The largest absolute Gasteiger partial charge is 0.376 e. The molecule has 0 saturated carbocycles. The van der Waals surface area contributed by atoms with Gasteiger partial charge in [0, 0.05) is 39.3 Å². The molecule has 3 aromatic rings. The molecule has 1 saturated heterocycles. The van der Waals surface area contributed by atoms with E-state index in [1.165, 1.54) is 28.6 Å². The lowest BCUT2D eigenvalue weighted by molar-refractivity contribution is 0.102. The highest BCUT2D eigenvalue weighted by molar-refractivity contribution is 7.89. The second kappa shape index (κ2) is 9.67. The Morgan fingerprint density at radius 1 is 1.06 bits per heavy atom. The molecule has 4 rings (SSSR count). The Kier molecular flexibility index (Phi) is 6.82. The number of rotatable bonds is 6. The highest BCUT2D eigenvalue weighted by Gasteiger charge is 2.27. The van der Waals surface area contributed by atoms with Crippen molar-refractivity contribution in [3.05, 3.63) is 62.8 Å². The smallest absolute Gasteiger partial charge is 0.328 e. The molecule has 2 heterocycles. The highest BCUT2D eigenvalue weighted by Crippen LogP contribution is 2.30. The predicted octanol–water partition coefficient (Wildman–Crippen LogP) is 2.20. The highest BCUT2D eigenvalue weighted by atomic mass is 32.2. The second-order valence-corrected chi connectivity index (χ2v) is 10.7. The number of carbonyl (C=O) groups is 1. The Bertz CT molecular complexity index is 1500. The van der Waals surface area contributed by atoms with Gasteiger partial charge >= 0.3 is 5.69 Å². The molecule has 0 atom stereocenters. The number of fused-ring (bicyclic) bond motifs is 1. The first-order valence-electron chi connectivity index (χ1n) is 11.5. The van der Waals surface area contributed by atoms with Gasteiger partial charge in [0.1, 0.15) is 0 Å². The Morgan fingerprint density at radius 3 is 2.43 bits per heavy atom. The lowest BCUT2D eigenvalue weighted by Crippen LogP contribution is -2.35. The molecule has 0 unspecified atom stereocenters. The standard InChI is InChI=1S/C24H29N5O5S/c1-4-29-23(31)18-10-8-16(14-19(18)26-24(29)32)22(30)25-20-15-17(9-11-21(20)27(2)3)35(33,34)28-12-6-5-7-13-28/h8-11,14-15H,4-7,12-13H2,1-3H3,(H,25,30)(H,26,32). The van der Waals surface area contributed by atoms with Crippen molar-refractivity contribution >= 4 is 38.2 Å². The zero-order chi connectivity index (χ0) is 25.3. The number of piperidine rings is 1. The molecule has 1 amide bonds. The molecule has 1 aliphatic rings. The van der Waals surface area contributed by atoms with Crippen LogP contribution in [0.3, 0.4) is 0 Å². The molecule has 0 bridgehead atoms. The minimum Gasteiger partial charge on any atom is -0.376 e. The van der Waals surface area contributed by atoms with Crippen molar-refractivity contribution in [2.75, 3.05) is 37.4 Å². The molecule has 0 aliphatic carbocycles. The van der Waals surface area contributed by atoms with Crippen molar-refractivity contribution in [3.63, 3.8) is 0 Å². The summed E-state index contributed by atoms with van der Waals surface area (Å²) in [6, 6.07) is 9.13. The number of amides is 1. The molecule has 0 spiro atoms. The Balaban J connectivity index is 1.70.